The Morgan fingerprint density at radius 1 is 1.27 bits per heavy atom. The van der Waals surface area contributed by atoms with E-state index in [0.717, 1.165) is 0 Å². The number of amides is 2. The molecular formula is C16H17NO5. The van der Waals surface area contributed by atoms with Crippen molar-refractivity contribution in [1.82, 2.24) is 4.90 Å². The predicted octanol–water partition coefficient (Wildman–Crippen LogP) is 1.83. The van der Waals surface area contributed by atoms with Gasteiger partial charge in [-0.25, -0.2) is 4.79 Å². The molecule has 1 aliphatic carbocycles. The first-order valence-electron chi connectivity index (χ1n) is 7.20. The molecule has 2 aliphatic rings. The van der Waals surface area contributed by atoms with Gasteiger partial charge >= 0.3 is 5.97 Å². The van der Waals surface area contributed by atoms with Crippen LogP contribution in [-0.2, 0) is 20.9 Å². The summed E-state index contributed by atoms with van der Waals surface area (Å²) in [5, 5.41) is 0. The van der Waals surface area contributed by atoms with E-state index >= 15 is 0 Å². The minimum Gasteiger partial charge on any atom is -0.463 e. The number of nitrogens with zero attached hydrogens (tertiary/aromatic N) is 1. The van der Waals surface area contributed by atoms with Gasteiger partial charge in [0.05, 0.1) is 25.5 Å². The highest BCUT2D eigenvalue weighted by atomic mass is 16.5. The Kier molecular flexibility index (Phi) is 3.60. The van der Waals surface area contributed by atoms with Gasteiger partial charge in [-0.15, -0.1) is 0 Å². The maximum absolute atomic E-state index is 12.4. The minimum absolute atomic E-state index is 0.0580. The van der Waals surface area contributed by atoms with Crippen LogP contribution in [0.15, 0.2) is 22.6 Å². The molecule has 22 heavy (non-hydrogen) atoms. The average Bonchev–Trinajstić information content (AvgIpc) is 3.01. The highest BCUT2D eigenvalue weighted by Crippen LogP contribution is 2.36. The Hall–Kier alpha value is -2.37. The van der Waals surface area contributed by atoms with Gasteiger partial charge in [-0.05, 0) is 25.8 Å². The maximum atomic E-state index is 12.4. The minimum atomic E-state index is -0.569. The molecule has 1 fully saturated rings. The van der Waals surface area contributed by atoms with Crippen LogP contribution in [0, 0.1) is 18.8 Å². The molecule has 116 valence electrons. The lowest BCUT2D eigenvalue weighted by Gasteiger charge is -2.14. The molecule has 1 aromatic heterocycles. The highest BCUT2D eigenvalue weighted by Gasteiger charge is 2.47. The molecule has 6 heteroatoms. The molecule has 6 nitrogen and oxygen atoms in total. The number of furan rings is 1. The molecule has 0 bridgehead atoms. The zero-order valence-electron chi connectivity index (χ0n) is 12.5. The molecule has 3 rings (SSSR count). The van der Waals surface area contributed by atoms with E-state index in [1.807, 2.05) is 12.2 Å². The largest absolute Gasteiger partial charge is 0.463 e. The monoisotopic (exact) mass is 303 g/mol. The van der Waals surface area contributed by atoms with E-state index in [0.29, 0.717) is 24.2 Å². The van der Waals surface area contributed by atoms with Crippen molar-refractivity contribution in [2.45, 2.75) is 26.3 Å². The third-order valence-corrected chi connectivity index (χ3v) is 4.25. The number of carbonyl (C=O) groups excluding carboxylic acids is 3. The van der Waals surface area contributed by atoms with Gasteiger partial charge < -0.3 is 9.15 Å². The number of aryl methyl sites for hydroxylation is 1. The summed E-state index contributed by atoms with van der Waals surface area (Å²) >= 11 is 0. The topological polar surface area (TPSA) is 76.8 Å². The van der Waals surface area contributed by atoms with Crippen molar-refractivity contribution < 1.29 is 23.5 Å². The smallest absolute Gasteiger partial charge is 0.374 e. The van der Waals surface area contributed by atoms with Crippen molar-refractivity contribution in [3.05, 3.63) is 35.3 Å². The SMILES string of the molecule is COC(=O)c1oc(CN2C(=O)[C@H]3CC=CC[C@@H]3C2=O)cc1C. The number of carbonyl (C=O) groups is 3. The Balaban J connectivity index is 1.80. The molecule has 2 heterocycles. The van der Waals surface area contributed by atoms with E-state index in [2.05, 4.69) is 4.74 Å². The van der Waals surface area contributed by atoms with Crippen molar-refractivity contribution >= 4 is 17.8 Å². The summed E-state index contributed by atoms with van der Waals surface area (Å²) in [6.07, 6.45) is 5.11. The summed E-state index contributed by atoms with van der Waals surface area (Å²) in [7, 11) is 1.27. The number of methoxy groups -OCH3 is 1. The lowest BCUT2D eigenvalue weighted by molar-refractivity contribution is -0.140. The van der Waals surface area contributed by atoms with E-state index in [1.165, 1.54) is 12.0 Å². The lowest BCUT2D eigenvalue weighted by Crippen LogP contribution is -2.30. The second kappa shape index (κ2) is 5.44. The Morgan fingerprint density at radius 2 is 1.86 bits per heavy atom. The Bertz CT molecular complexity index is 646. The fourth-order valence-corrected chi connectivity index (χ4v) is 3.10. The number of rotatable bonds is 3. The summed E-state index contributed by atoms with van der Waals surface area (Å²) in [6, 6.07) is 1.66. The van der Waals surface area contributed by atoms with E-state index in [4.69, 9.17) is 4.42 Å². The van der Waals surface area contributed by atoms with Crippen LogP contribution >= 0.6 is 0 Å². The first-order chi connectivity index (χ1) is 10.5. The third kappa shape index (κ3) is 2.24. The van der Waals surface area contributed by atoms with Crippen molar-refractivity contribution in [2.75, 3.05) is 7.11 Å². The molecule has 0 unspecified atom stereocenters. The second-order valence-corrected chi connectivity index (χ2v) is 5.63. The molecule has 1 aromatic rings. The van der Waals surface area contributed by atoms with Crippen LogP contribution in [0.1, 0.15) is 34.7 Å². The number of likely N-dealkylation sites (tertiary alicyclic amines) is 1. The number of esters is 1. The molecule has 0 N–H and O–H groups in total. The molecule has 0 saturated carbocycles. The number of hydrogen-bond acceptors (Lipinski definition) is 5. The van der Waals surface area contributed by atoms with Gasteiger partial charge in [0, 0.05) is 5.56 Å². The molecule has 0 radical (unpaired) electrons. The van der Waals surface area contributed by atoms with Gasteiger partial charge in [0.25, 0.3) is 0 Å². The van der Waals surface area contributed by atoms with Gasteiger partial charge in [0.1, 0.15) is 5.76 Å². The lowest BCUT2D eigenvalue weighted by atomic mass is 9.85. The van der Waals surface area contributed by atoms with Crippen LogP contribution in [-0.4, -0.2) is 29.8 Å². The van der Waals surface area contributed by atoms with Gasteiger partial charge in [0.15, 0.2) is 0 Å². The molecule has 0 aromatic carbocycles. The fourth-order valence-electron chi connectivity index (χ4n) is 3.10. The molecule has 2 amide bonds. The van der Waals surface area contributed by atoms with E-state index in [9.17, 15) is 14.4 Å². The van der Waals surface area contributed by atoms with Crippen molar-refractivity contribution in [2.24, 2.45) is 11.8 Å². The fraction of sp³-hybridized carbons (Fsp3) is 0.438. The normalized spacial score (nSPS) is 23.8. The molecule has 0 spiro atoms. The maximum Gasteiger partial charge on any atom is 0.374 e. The number of allylic oxidation sites excluding steroid dienone is 2. The molecule has 2 atom stereocenters. The number of ether oxygens (including phenoxy) is 1. The van der Waals surface area contributed by atoms with Crippen LogP contribution in [0.3, 0.4) is 0 Å². The number of imide groups is 1. The standard InChI is InChI=1S/C16H17NO5/c1-9-7-10(22-13(9)16(20)21-2)8-17-14(18)11-5-3-4-6-12(11)15(17)19/h3-4,7,11-12H,5-6,8H2,1-2H3/t11-,12-/m0/s1. The summed E-state index contributed by atoms with van der Waals surface area (Å²) in [5.74, 6) is -0.883. The summed E-state index contributed by atoms with van der Waals surface area (Å²) in [6.45, 7) is 1.78. The van der Waals surface area contributed by atoms with Crippen LogP contribution in [0.5, 0.6) is 0 Å². The first-order valence-corrected chi connectivity index (χ1v) is 7.20. The summed E-state index contributed by atoms with van der Waals surface area (Å²) in [4.78, 5) is 37.5. The Labute approximate surface area is 127 Å². The molecule has 1 aliphatic heterocycles. The van der Waals surface area contributed by atoms with Gasteiger partial charge in [-0.3, -0.25) is 14.5 Å². The number of fused-ring (bicyclic) bond motifs is 1. The van der Waals surface area contributed by atoms with Crippen molar-refractivity contribution in [1.29, 1.82) is 0 Å². The van der Waals surface area contributed by atoms with Crippen LogP contribution < -0.4 is 0 Å². The molecule has 1 saturated heterocycles. The van der Waals surface area contributed by atoms with Crippen LogP contribution in [0.2, 0.25) is 0 Å². The first kappa shape index (κ1) is 14.6. The number of hydrogen-bond donors (Lipinski definition) is 0. The Morgan fingerprint density at radius 3 is 2.41 bits per heavy atom. The van der Waals surface area contributed by atoms with E-state index in [-0.39, 0.29) is 36.0 Å². The van der Waals surface area contributed by atoms with Gasteiger partial charge in [-0.1, -0.05) is 12.2 Å². The third-order valence-electron chi connectivity index (χ3n) is 4.25. The van der Waals surface area contributed by atoms with Crippen LogP contribution in [0.25, 0.3) is 0 Å². The van der Waals surface area contributed by atoms with Crippen LogP contribution in [0.4, 0.5) is 0 Å². The van der Waals surface area contributed by atoms with Gasteiger partial charge in [0.2, 0.25) is 17.6 Å². The molecular weight excluding hydrogens is 286 g/mol. The summed E-state index contributed by atoms with van der Waals surface area (Å²) in [5.41, 5.74) is 0.625. The van der Waals surface area contributed by atoms with E-state index in [1.54, 1.807) is 13.0 Å². The zero-order chi connectivity index (χ0) is 15.9. The van der Waals surface area contributed by atoms with E-state index < -0.39 is 5.97 Å². The predicted molar refractivity (Wildman–Crippen MR) is 75.7 cm³/mol. The zero-order valence-corrected chi connectivity index (χ0v) is 12.5. The van der Waals surface area contributed by atoms with Crippen molar-refractivity contribution in [3.8, 4) is 0 Å². The highest BCUT2D eigenvalue weighted by molar-refractivity contribution is 6.05. The van der Waals surface area contributed by atoms with Crippen molar-refractivity contribution in [3.63, 3.8) is 0 Å². The quantitative estimate of drug-likeness (QED) is 0.483. The summed E-state index contributed by atoms with van der Waals surface area (Å²) < 4.78 is 10.1. The van der Waals surface area contributed by atoms with Gasteiger partial charge in [-0.2, -0.15) is 0 Å². The average molecular weight is 303 g/mol. The second-order valence-electron chi connectivity index (χ2n) is 5.63.